The Kier molecular flexibility index (Phi) is 5.98. The minimum atomic E-state index is -0.319. The standard InChI is InChI=1S/C28H28F2N2O/c29-22-9-7-21(8-10-22)27(33)6-3-17-31-18-15-28(16-19-31)20-32(24-13-11-23(30)12-14-24)26-5-2-1-4-25(26)28/h1-2,4-5,7-14H,3,6,15-20H2. The summed E-state index contributed by atoms with van der Waals surface area (Å²) in [6.07, 6.45) is 3.41. The molecule has 5 heteroatoms. The van der Waals surface area contributed by atoms with Crippen molar-refractivity contribution in [3.63, 3.8) is 0 Å². The number of likely N-dealkylation sites (tertiary alicyclic amines) is 1. The van der Waals surface area contributed by atoms with Crippen LogP contribution in [0.2, 0.25) is 0 Å². The topological polar surface area (TPSA) is 23.6 Å². The van der Waals surface area contributed by atoms with Crippen molar-refractivity contribution in [3.8, 4) is 0 Å². The van der Waals surface area contributed by atoms with E-state index in [2.05, 4.69) is 34.1 Å². The van der Waals surface area contributed by atoms with Crippen molar-refractivity contribution in [2.75, 3.05) is 31.1 Å². The lowest BCUT2D eigenvalue weighted by Crippen LogP contribution is -2.45. The Morgan fingerprint density at radius 2 is 1.48 bits per heavy atom. The van der Waals surface area contributed by atoms with Gasteiger partial charge in [-0.2, -0.15) is 0 Å². The Morgan fingerprint density at radius 3 is 2.18 bits per heavy atom. The second-order valence-electron chi connectivity index (χ2n) is 9.24. The van der Waals surface area contributed by atoms with Crippen LogP contribution in [0.15, 0.2) is 72.8 Å². The number of fused-ring (bicyclic) bond motifs is 2. The Hall–Kier alpha value is -3.05. The zero-order valence-electron chi connectivity index (χ0n) is 18.6. The molecule has 0 saturated carbocycles. The Morgan fingerprint density at radius 1 is 0.848 bits per heavy atom. The van der Waals surface area contributed by atoms with Crippen LogP contribution in [0.4, 0.5) is 20.2 Å². The Labute approximate surface area is 193 Å². The lowest BCUT2D eigenvalue weighted by molar-refractivity contribution is 0.0968. The molecule has 2 aliphatic heterocycles. The molecule has 33 heavy (non-hydrogen) atoms. The van der Waals surface area contributed by atoms with Gasteiger partial charge in [0.05, 0.1) is 0 Å². The van der Waals surface area contributed by atoms with Crippen LogP contribution in [0.25, 0.3) is 0 Å². The highest BCUT2D eigenvalue weighted by molar-refractivity contribution is 5.95. The van der Waals surface area contributed by atoms with Crippen LogP contribution < -0.4 is 4.90 Å². The minimum absolute atomic E-state index is 0.0724. The summed E-state index contributed by atoms with van der Waals surface area (Å²) in [5.74, 6) is -0.462. The fraction of sp³-hybridized carbons (Fsp3) is 0.321. The molecule has 1 fully saturated rings. The number of benzene rings is 3. The molecule has 5 rings (SSSR count). The first-order valence-electron chi connectivity index (χ1n) is 11.7. The molecule has 0 N–H and O–H groups in total. The summed E-state index contributed by atoms with van der Waals surface area (Å²) in [5.41, 5.74) is 4.33. The number of Topliss-reactive ketones (excluding diaryl/α,β-unsaturated/α-hetero) is 1. The zero-order chi connectivity index (χ0) is 22.8. The largest absolute Gasteiger partial charge is 0.340 e. The normalized spacial score (nSPS) is 17.3. The summed E-state index contributed by atoms with van der Waals surface area (Å²) in [4.78, 5) is 17.1. The highest BCUT2D eigenvalue weighted by atomic mass is 19.1. The van der Waals surface area contributed by atoms with Crippen molar-refractivity contribution in [2.45, 2.75) is 31.1 Å². The summed E-state index contributed by atoms with van der Waals surface area (Å²) in [5, 5.41) is 0. The number of carbonyl (C=O) groups excluding carboxylic acids is 1. The molecule has 3 aromatic carbocycles. The molecule has 0 aromatic heterocycles. The van der Waals surface area contributed by atoms with Crippen LogP contribution in [0.5, 0.6) is 0 Å². The van der Waals surface area contributed by atoms with Gasteiger partial charge in [0.1, 0.15) is 11.6 Å². The van der Waals surface area contributed by atoms with Crippen LogP contribution in [-0.2, 0) is 5.41 Å². The first-order valence-corrected chi connectivity index (χ1v) is 11.7. The van der Waals surface area contributed by atoms with E-state index in [0.29, 0.717) is 12.0 Å². The van der Waals surface area contributed by atoms with E-state index in [1.165, 1.54) is 35.5 Å². The van der Waals surface area contributed by atoms with Gasteiger partial charge >= 0.3 is 0 Å². The molecule has 3 aromatic rings. The fourth-order valence-electron chi connectivity index (χ4n) is 5.36. The van der Waals surface area contributed by atoms with Gasteiger partial charge in [0.15, 0.2) is 5.78 Å². The predicted molar refractivity (Wildman–Crippen MR) is 127 cm³/mol. The van der Waals surface area contributed by atoms with Crippen LogP contribution in [0, 0.1) is 11.6 Å². The van der Waals surface area contributed by atoms with Gasteiger partial charge in [0, 0.05) is 35.3 Å². The summed E-state index contributed by atoms with van der Waals surface area (Å²) >= 11 is 0. The first kappa shape index (κ1) is 21.8. The minimum Gasteiger partial charge on any atom is -0.340 e. The van der Waals surface area contributed by atoms with Crippen LogP contribution >= 0.6 is 0 Å². The van der Waals surface area contributed by atoms with E-state index >= 15 is 0 Å². The van der Waals surface area contributed by atoms with Gasteiger partial charge in [-0.1, -0.05) is 18.2 Å². The van der Waals surface area contributed by atoms with E-state index in [9.17, 15) is 13.6 Å². The number of carbonyl (C=O) groups is 1. The van der Waals surface area contributed by atoms with Gasteiger partial charge in [-0.3, -0.25) is 4.79 Å². The molecule has 170 valence electrons. The van der Waals surface area contributed by atoms with E-state index in [0.717, 1.165) is 51.1 Å². The van der Waals surface area contributed by atoms with E-state index in [1.54, 1.807) is 12.1 Å². The maximum absolute atomic E-state index is 13.5. The molecule has 0 amide bonds. The van der Waals surface area contributed by atoms with Gasteiger partial charge in [-0.25, -0.2) is 8.78 Å². The number of rotatable bonds is 6. The monoisotopic (exact) mass is 446 g/mol. The number of ketones is 1. The van der Waals surface area contributed by atoms with Crippen LogP contribution in [0.3, 0.4) is 0 Å². The van der Waals surface area contributed by atoms with Gasteiger partial charge in [-0.05, 0) is 99.1 Å². The van der Waals surface area contributed by atoms with Crippen molar-refractivity contribution in [3.05, 3.63) is 95.6 Å². The average Bonchev–Trinajstić information content (AvgIpc) is 3.15. The van der Waals surface area contributed by atoms with Gasteiger partial charge in [0.2, 0.25) is 0 Å². The van der Waals surface area contributed by atoms with E-state index < -0.39 is 0 Å². The molecular weight excluding hydrogens is 418 g/mol. The summed E-state index contributed by atoms with van der Waals surface area (Å²) in [6.45, 7) is 3.80. The maximum atomic E-state index is 13.5. The third-order valence-electron chi connectivity index (χ3n) is 7.22. The van der Waals surface area contributed by atoms with Crippen molar-refractivity contribution in [2.24, 2.45) is 0 Å². The van der Waals surface area contributed by atoms with Crippen molar-refractivity contribution in [1.29, 1.82) is 0 Å². The number of nitrogens with zero attached hydrogens (tertiary/aromatic N) is 2. The molecule has 0 atom stereocenters. The maximum Gasteiger partial charge on any atom is 0.162 e. The average molecular weight is 447 g/mol. The molecule has 0 radical (unpaired) electrons. The summed E-state index contributed by atoms with van der Waals surface area (Å²) in [6, 6.07) is 21.2. The summed E-state index contributed by atoms with van der Waals surface area (Å²) in [7, 11) is 0. The van der Waals surface area contributed by atoms with Gasteiger partial charge in [-0.15, -0.1) is 0 Å². The number of piperidine rings is 1. The lowest BCUT2D eigenvalue weighted by atomic mass is 9.74. The molecule has 0 bridgehead atoms. The van der Waals surface area contributed by atoms with Crippen LogP contribution in [-0.4, -0.2) is 36.9 Å². The van der Waals surface area contributed by atoms with Crippen molar-refractivity contribution in [1.82, 2.24) is 4.90 Å². The second kappa shape index (κ2) is 9.06. The molecule has 2 aliphatic rings. The van der Waals surface area contributed by atoms with Gasteiger partial charge in [0.25, 0.3) is 0 Å². The lowest BCUT2D eigenvalue weighted by Gasteiger charge is -2.40. The SMILES string of the molecule is O=C(CCCN1CCC2(CC1)CN(c1ccc(F)cc1)c1ccccc12)c1ccc(F)cc1. The molecule has 3 nitrogen and oxygen atoms in total. The van der Waals surface area contributed by atoms with Crippen LogP contribution in [0.1, 0.15) is 41.6 Å². The Bertz CT molecular complexity index is 1120. The van der Waals surface area contributed by atoms with Crippen molar-refractivity contribution >= 4 is 17.2 Å². The number of anilines is 2. The smallest absolute Gasteiger partial charge is 0.162 e. The highest BCUT2D eigenvalue weighted by Crippen LogP contribution is 2.49. The first-order chi connectivity index (χ1) is 16.0. The predicted octanol–water partition coefficient (Wildman–Crippen LogP) is 6.11. The summed E-state index contributed by atoms with van der Waals surface area (Å²) < 4.78 is 26.5. The third kappa shape index (κ3) is 4.42. The van der Waals surface area contributed by atoms with E-state index in [1.807, 2.05) is 12.1 Å². The van der Waals surface area contributed by atoms with E-state index in [4.69, 9.17) is 0 Å². The Balaban J connectivity index is 1.20. The second-order valence-corrected chi connectivity index (χ2v) is 9.24. The van der Waals surface area contributed by atoms with Crippen molar-refractivity contribution < 1.29 is 13.6 Å². The number of halogens is 2. The molecular formula is C28H28F2N2O. The number of hydrogen-bond donors (Lipinski definition) is 0. The molecule has 2 heterocycles. The number of para-hydroxylation sites is 1. The zero-order valence-corrected chi connectivity index (χ0v) is 18.6. The van der Waals surface area contributed by atoms with Gasteiger partial charge < -0.3 is 9.80 Å². The molecule has 1 saturated heterocycles. The molecule has 1 spiro atoms. The van der Waals surface area contributed by atoms with E-state index in [-0.39, 0.29) is 22.8 Å². The quantitative estimate of drug-likeness (QED) is 0.427. The number of hydrogen-bond acceptors (Lipinski definition) is 3. The fourth-order valence-corrected chi connectivity index (χ4v) is 5.36. The highest BCUT2D eigenvalue weighted by Gasteiger charge is 2.44. The molecule has 0 unspecified atom stereocenters. The third-order valence-corrected chi connectivity index (χ3v) is 7.22. The molecule has 0 aliphatic carbocycles.